The van der Waals surface area contributed by atoms with Crippen molar-refractivity contribution >= 4 is 5.82 Å². The molecule has 3 heteroatoms. The standard InChI is InChI=1S/C16H27N3/c1-5-19(11-12(2)3)16-9-6-14(13(4)18-16)10-17-15-7-8-15/h6,9,12,15,17H,5,7-8,10-11H2,1-4H3. The first-order chi connectivity index (χ1) is 9.10. The molecule has 106 valence electrons. The number of hydrogen-bond acceptors (Lipinski definition) is 3. The molecule has 1 heterocycles. The van der Waals surface area contributed by atoms with Crippen molar-refractivity contribution in [2.75, 3.05) is 18.0 Å². The average Bonchev–Trinajstić information content (AvgIpc) is 3.18. The van der Waals surface area contributed by atoms with Gasteiger partial charge in [-0.3, -0.25) is 0 Å². The summed E-state index contributed by atoms with van der Waals surface area (Å²) >= 11 is 0. The molecule has 1 saturated carbocycles. The van der Waals surface area contributed by atoms with E-state index in [4.69, 9.17) is 4.98 Å². The fraction of sp³-hybridized carbons (Fsp3) is 0.688. The van der Waals surface area contributed by atoms with Crippen LogP contribution in [0, 0.1) is 12.8 Å². The van der Waals surface area contributed by atoms with Crippen molar-refractivity contribution in [2.45, 2.75) is 53.1 Å². The van der Waals surface area contributed by atoms with Crippen molar-refractivity contribution in [1.29, 1.82) is 0 Å². The fourth-order valence-corrected chi connectivity index (χ4v) is 2.31. The zero-order chi connectivity index (χ0) is 13.8. The molecule has 3 nitrogen and oxygen atoms in total. The van der Waals surface area contributed by atoms with Gasteiger partial charge in [-0.05, 0) is 44.2 Å². The minimum Gasteiger partial charge on any atom is -0.357 e. The molecule has 1 fully saturated rings. The van der Waals surface area contributed by atoms with Gasteiger partial charge in [-0.25, -0.2) is 4.98 Å². The Labute approximate surface area is 117 Å². The summed E-state index contributed by atoms with van der Waals surface area (Å²) in [4.78, 5) is 7.14. The molecule has 0 saturated heterocycles. The van der Waals surface area contributed by atoms with E-state index in [2.05, 4.69) is 50.0 Å². The smallest absolute Gasteiger partial charge is 0.128 e. The maximum Gasteiger partial charge on any atom is 0.128 e. The van der Waals surface area contributed by atoms with Crippen molar-refractivity contribution in [1.82, 2.24) is 10.3 Å². The summed E-state index contributed by atoms with van der Waals surface area (Å²) in [5.41, 5.74) is 2.49. The van der Waals surface area contributed by atoms with Gasteiger partial charge in [0.1, 0.15) is 5.82 Å². The molecular weight excluding hydrogens is 234 g/mol. The largest absolute Gasteiger partial charge is 0.357 e. The molecule has 0 aliphatic heterocycles. The van der Waals surface area contributed by atoms with E-state index < -0.39 is 0 Å². The van der Waals surface area contributed by atoms with E-state index in [1.807, 2.05) is 0 Å². The van der Waals surface area contributed by atoms with Crippen LogP contribution >= 0.6 is 0 Å². The lowest BCUT2D eigenvalue weighted by atomic mass is 10.1. The van der Waals surface area contributed by atoms with Crippen LogP contribution in [-0.4, -0.2) is 24.1 Å². The topological polar surface area (TPSA) is 28.2 Å². The molecule has 0 atom stereocenters. The van der Waals surface area contributed by atoms with Crippen LogP contribution in [0.5, 0.6) is 0 Å². The van der Waals surface area contributed by atoms with Crippen molar-refractivity contribution in [3.05, 3.63) is 23.4 Å². The molecule has 1 aliphatic carbocycles. The Morgan fingerprint density at radius 3 is 2.63 bits per heavy atom. The van der Waals surface area contributed by atoms with Crippen LogP contribution in [0.1, 0.15) is 44.9 Å². The zero-order valence-electron chi connectivity index (χ0n) is 12.7. The second kappa shape index (κ2) is 6.38. The van der Waals surface area contributed by atoms with Gasteiger partial charge in [0.2, 0.25) is 0 Å². The van der Waals surface area contributed by atoms with Gasteiger partial charge in [-0.15, -0.1) is 0 Å². The van der Waals surface area contributed by atoms with Gasteiger partial charge in [0.15, 0.2) is 0 Å². The zero-order valence-corrected chi connectivity index (χ0v) is 12.7. The summed E-state index contributed by atoms with van der Waals surface area (Å²) < 4.78 is 0. The number of aryl methyl sites for hydroxylation is 1. The first-order valence-electron chi connectivity index (χ1n) is 7.55. The highest BCUT2D eigenvalue weighted by molar-refractivity contribution is 5.41. The first-order valence-corrected chi connectivity index (χ1v) is 7.55. The summed E-state index contributed by atoms with van der Waals surface area (Å²) in [6.45, 7) is 11.9. The van der Waals surface area contributed by atoms with Crippen LogP contribution in [-0.2, 0) is 6.54 Å². The lowest BCUT2D eigenvalue weighted by Gasteiger charge is -2.24. The average molecular weight is 261 g/mol. The van der Waals surface area contributed by atoms with Crippen LogP contribution in [0.2, 0.25) is 0 Å². The van der Waals surface area contributed by atoms with E-state index in [0.717, 1.165) is 37.2 Å². The first kappa shape index (κ1) is 14.3. The molecule has 1 aromatic heterocycles. The third-order valence-electron chi connectivity index (χ3n) is 3.63. The lowest BCUT2D eigenvalue weighted by Crippen LogP contribution is -2.28. The highest BCUT2D eigenvalue weighted by atomic mass is 15.2. The Kier molecular flexibility index (Phi) is 4.81. The van der Waals surface area contributed by atoms with E-state index in [1.165, 1.54) is 18.4 Å². The molecular formula is C16H27N3. The minimum absolute atomic E-state index is 0.665. The second-order valence-electron chi connectivity index (χ2n) is 6.00. The summed E-state index contributed by atoms with van der Waals surface area (Å²) in [5.74, 6) is 1.78. The van der Waals surface area contributed by atoms with Crippen LogP contribution in [0.3, 0.4) is 0 Å². The van der Waals surface area contributed by atoms with Gasteiger partial charge in [-0.1, -0.05) is 19.9 Å². The van der Waals surface area contributed by atoms with Crippen LogP contribution in [0.4, 0.5) is 5.82 Å². The number of pyridine rings is 1. The Bertz CT molecular complexity index is 410. The highest BCUT2D eigenvalue weighted by Gasteiger charge is 2.20. The number of aromatic nitrogens is 1. The summed E-state index contributed by atoms with van der Waals surface area (Å²) in [6, 6.07) is 5.16. The molecule has 0 unspecified atom stereocenters. The van der Waals surface area contributed by atoms with Crippen LogP contribution in [0.15, 0.2) is 12.1 Å². The SMILES string of the molecule is CCN(CC(C)C)c1ccc(CNC2CC2)c(C)n1. The second-order valence-corrected chi connectivity index (χ2v) is 6.00. The normalized spacial score (nSPS) is 15.0. The summed E-state index contributed by atoms with van der Waals surface area (Å²) in [6.07, 6.45) is 2.67. The van der Waals surface area contributed by atoms with Crippen molar-refractivity contribution < 1.29 is 0 Å². The van der Waals surface area contributed by atoms with Gasteiger partial charge >= 0.3 is 0 Å². The molecule has 0 bridgehead atoms. The van der Waals surface area contributed by atoms with Gasteiger partial charge in [0.05, 0.1) is 0 Å². The minimum atomic E-state index is 0.665. The monoisotopic (exact) mass is 261 g/mol. The highest BCUT2D eigenvalue weighted by Crippen LogP contribution is 2.21. The van der Waals surface area contributed by atoms with E-state index >= 15 is 0 Å². The van der Waals surface area contributed by atoms with E-state index in [-0.39, 0.29) is 0 Å². The Morgan fingerprint density at radius 1 is 1.37 bits per heavy atom. The molecule has 1 N–H and O–H groups in total. The predicted molar refractivity (Wildman–Crippen MR) is 81.6 cm³/mol. The number of anilines is 1. The quantitative estimate of drug-likeness (QED) is 0.817. The number of hydrogen-bond donors (Lipinski definition) is 1. The Balaban J connectivity index is 2.02. The maximum atomic E-state index is 4.78. The Hall–Kier alpha value is -1.09. The summed E-state index contributed by atoms with van der Waals surface area (Å²) in [5, 5.41) is 3.55. The fourth-order valence-electron chi connectivity index (χ4n) is 2.31. The molecule has 2 rings (SSSR count). The van der Waals surface area contributed by atoms with Gasteiger partial charge < -0.3 is 10.2 Å². The van der Waals surface area contributed by atoms with E-state index in [0.29, 0.717) is 5.92 Å². The van der Waals surface area contributed by atoms with Crippen LogP contribution in [0.25, 0.3) is 0 Å². The molecule has 1 aliphatic rings. The molecule has 0 spiro atoms. The van der Waals surface area contributed by atoms with Gasteiger partial charge in [0.25, 0.3) is 0 Å². The van der Waals surface area contributed by atoms with Crippen LogP contribution < -0.4 is 10.2 Å². The third kappa shape index (κ3) is 4.20. The number of nitrogens with zero attached hydrogens (tertiary/aromatic N) is 2. The maximum absolute atomic E-state index is 4.78. The molecule has 0 radical (unpaired) electrons. The third-order valence-corrected chi connectivity index (χ3v) is 3.63. The van der Waals surface area contributed by atoms with E-state index in [9.17, 15) is 0 Å². The molecule has 1 aromatic rings. The van der Waals surface area contributed by atoms with Gasteiger partial charge in [-0.2, -0.15) is 0 Å². The van der Waals surface area contributed by atoms with Crippen molar-refractivity contribution in [2.24, 2.45) is 5.92 Å². The lowest BCUT2D eigenvalue weighted by molar-refractivity contribution is 0.613. The van der Waals surface area contributed by atoms with Gasteiger partial charge in [0, 0.05) is 31.4 Å². The number of nitrogens with one attached hydrogen (secondary N) is 1. The number of rotatable bonds is 7. The van der Waals surface area contributed by atoms with E-state index in [1.54, 1.807) is 0 Å². The Morgan fingerprint density at radius 2 is 2.11 bits per heavy atom. The van der Waals surface area contributed by atoms with Crippen molar-refractivity contribution in [3.63, 3.8) is 0 Å². The predicted octanol–water partition coefficient (Wildman–Crippen LogP) is 3.12. The molecule has 0 amide bonds. The molecule has 0 aromatic carbocycles. The van der Waals surface area contributed by atoms with Crippen molar-refractivity contribution in [3.8, 4) is 0 Å². The molecule has 19 heavy (non-hydrogen) atoms. The summed E-state index contributed by atoms with van der Waals surface area (Å²) in [7, 11) is 0.